The van der Waals surface area contributed by atoms with E-state index in [-0.39, 0.29) is 0 Å². The summed E-state index contributed by atoms with van der Waals surface area (Å²) in [5, 5.41) is 0. The van der Waals surface area contributed by atoms with Crippen molar-refractivity contribution >= 4 is 22.2 Å². The van der Waals surface area contributed by atoms with Gasteiger partial charge in [-0.05, 0) is 42.5 Å². The van der Waals surface area contributed by atoms with Crippen LogP contribution in [0.15, 0.2) is 97.3 Å². The van der Waals surface area contributed by atoms with Crippen molar-refractivity contribution in [2.75, 3.05) is 0 Å². The monoisotopic (exact) mass is 400 g/mol. The third kappa shape index (κ3) is 2.17. The average molecular weight is 400 g/mol. The van der Waals surface area contributed by atoms with Gasteiger partial charge in [-0.25, -0.2) is 23.7 Å². The second kappa shape index (κ2) is 6.12. The van der Waals surface area contributed by atoms with Crippen LogP contribution in [0.4, 0.5) is 0 Å². The van der Waals surface area contributed by atoms with Crippen LogP contribution in [0.5, 0.6) is 0 Å². The van der Waals surface area contributed by atoms with Crippen molar-refractivity contribution in [3.8, 4) is 22.9 Å². The third-order valence-electron chi connectivity index (χ3n) is 6.08. The van der Waals surface area contributed by atoms with Gasteiger partial charge in [0.1, 0.15) is 28.1 Å². The van der Waals surface area contributed by atoms with Gasteiger partial charge in [0.2, 0.25) is 5.52 Å². The highest BCUT2D eigenvalue weighted by atomic mass is 15.3. The molecule has 5 heterocycles. The minimum absolute atomic E-state index is 0.790. The second-order valence-corrected chi connectivity index (χ2v) is 7.81. The number of hydrogen-bond acceptors (Lipinski definition) is 2. The molecule has 0 saturated heterocycles. The first-order valence-electron chi connectivity index (χ1n) is 10.4. The van der Waals surface area contributed by atoms with Crippen LogP contribution < -0.4 is 4.57 Å². The van der Waals surface area contributed by atoms with Gasteiger partial charge in [0.25, 0.3) is 11.5 Å². The number of para-hydroxylation sites is 2. The number of fused-ring (bicyclic) bond motifs is 7. The molecule has 1 aliphatic rings. The van der Waals surface area contributed by atoms with Gasteiger partial charge in [0.05, 0.1) is 6.54 Å². The highest BCUT2D eigenvalue weighted by Gasteiger charge is 2.38. The summed E-state index contributed by atoms with van der Waals surface area (Å²) < 4.78 is 7.03. The minimum atomic E-state index is 0.790. The molecule has 6 aromatic rings. The fourth-order valence-corrected chi connectivity index (χ4v) is 4.86. The number of imidazole rings is 1. The molecule has 5 heteroatoms. The molecule has 0 atom stereocenters. The number of rotatable bonds is 2. The largest absolute Gasteiger partial charge is 0.277 e. The van der Waals surface area contributed by atoms with Crippen molar-refractivity contribution in [1.29, 1.82) is 0 Å². The van der Waals surface area contributed by atoms with E-state index in [4.69, 9.17) is 9.97 Å². The molecule has 5 nitrogen and oxygen atoms in total. The lowest BCUT2D eigenvalue weighted by Gasteiger charge is -2.04. The van der Waals surface area contributed by atoms with Gasteiger partial charge in [0, 0.05) is 18.0 Å². The molecule has 0 fully saturated rings. The van der Waals surface area contributed by atoms with Crippen LogP contribution in [0.1, 0.15) is 5.56 Å². The summed E-state index contributed by atoms with van der Waals surface area (Å²) in [6, 6.07) is 29.4. The molecular formula is C26H18N5+. The first kappa shape index (κ1) is 16.5. The Bertz CT molecular complexity index is 1590. The Morgan fingerprint density at radius 2 is 1.35 bits per heavy atom. The number of hydrogen-bond donors (Lipinski definition) is 0. The van der Waals surface area contributed by atoms with Gasteiger partial charge in [-0.3, -0.25) is 0 Å². The number of aromatic nitrogens is 5. The fraction of sp³-hybridized carbons (Fsp3) is 0.0385. The highest BCUT2D eigenvalue weighted by Crippen LogP contribution is 2.37. The Labute approximate surface area is 178 Å². The van der Waals surface area contributed by atoms with E-state index in [0.29, 0.717) is 0 Å². The molecule has 7 rings (SSSR count). The molecular weight excluding hydrogens is 382 g/mol. The van der Waals surface area contributed by atoms with E-state index in [1.165, 1.54) is 5.56 Å². The van der Waals surface area contributed by atoms with Crippen molar-refractivity contribution < 1.29 is 4.57 Å². The van der Waals surface area contributed by atoms with Crippen LogP contribution >= 0.6 is 0 Å². The lowest BCUT2D eigenvalue weighted by molar-refractivity contribution is -0.648. The normalized spacial score (nSPS) is 12.4. The molecule has 0 bridgehead atoms. The Morgan fingerprint density at radius 3 is 2.13 bits per heavy atom. The maximum atomic E-state index is 4.84. The number of benzene rings is 2. The molecule has 0 unspecified atom stereocenters. The van der Waals surface area contributed by atoms with E-state index in [9.17, 15) is 0 Å². The molecule has 146 valence electrons. The summed E-state index contributed by atoms with van der Waals surface area (Å²) >= 11 is 0. The average Bonchev–Trinajstić information content (AvgIpc) is 3.47. The molecule has 31 heavy (non-hydrogen) atoms. The second-order valence-electron chi connectivity index (χ2n) is 7.81. The molecule has 4 aromatic heterocycles. The summed E-state index contributed by atoms with van der Waals surface area (Å²) in [5.74, 6) is 1.10. The smallest absolute Gasteiger partial charge is 0.249 e. The zero-order valence-corrected chi connectivity index (χ0v) is 16.7. The van der Waals surface area contributed by atoms with E-state index in [0.717, 1.165) is 51.6 Å². The summed E-state index contributed by atoms with van der Waals surface area (Å²) in [6.45, 7) is 0.790. The maximum absolute atomic E-state index is 4.84. The van der Waals surface area contributed by atoms with E-state index < -0.39 is 0 Å². The standard InChI is InChI=1S/C26H18N5/c1-3-10-19(11-4-1)30-21-14-8-16-28-23(21)24-26(30)29-17-18-9-7-15-27-22(18)25(29)31(24)20-12-5-2-6-13-20/h1-16H,17H2/q+1. The van der Waals surface area contributed by atoms with E-state index in [1.54, 1.807) is 0 Å². The zero-order valence-electron chi connectivity index (χ0n) is 16.7. The summed E-state index contributed by atoms with van der Waals surface area (Å²) in [4.78, 5) is 9.61. The van der Waals surface area contributed by atoms with Crippen molar-refractivity contribution in [3.63, 3.8) is 0 Å². The fourth-order valence-electron chi connectivity index (χ4n) is 4.86. The molecule has 0 spiro atoms. The van der Waals surface area contributed by atoms with Gasteiger partial charge in [-0.15, -0.1) is 0 Å². The van der Waals surface area contributed by atoms with Gasteiger partial charge >= 0.3 is 0 Å². The van der Waals surface area contributed by atoms with Crippen LogP contribution in [0.25, 0.3) is 45.1 Å². The maximum Gasteiger partial charge on any atom is 0.277 e. The summed E-state index contributed by atoms with van der Waals surface area (Å²) in [5.41, 5.74) is 8.84. The molecule has 2 aromatic carbocycles. The van der Waals surface area contributed by atoms with E-state index in [1.807, 2.05) is 24.5 Å². The highest BCUT2D eigenvalue weighted by molar-refractivity contribution is 6.04. The van der Waals surface area contributed by atoms with Crippen molar-refractivity contribution in [1.82, 2.24) is 19.1 Å². The molecule has 0 radical (unpaired) electrons. The van der Waals surface area contributed by atoms with Gasteiger partial charge in [-0.2, -0.15) is 0 Å². The number of pyridine rings is 2. The van der Waals surface area contributed by atoms with Crippen LogP contribution in [-0.2, 0) is 6.54 Å². The minimum Gasteiger partial charge on any atom is -0.249 e. The summed E-state index contributed by atoms with van der Waals surface area (Å²) in [6.07, 6.45) is 3.75. The van der Waals surface area contributed by atoms with Crippen molar-refractivity contribution in [2.24, 2.45) is 0 Å². The van der Waals surface area contributed by atoms with Crippen molar-refractivity contribution in [3.05, 3.63) is 103 Å². The third-order valence-corrected chi connectivity index (χ3v) is 6.08. The van der Waals surface area contributed by atoms with Gasteiger partial charge in [0.15, 0.2) is 0 Å². The Kier molecular flexibility index (Phi) is 3.27. The Hall–Kier alpha value is -4.25. The number of nitrogens with zero attached hydrogens (tertiary/aromatic N) is 5. The topological polar surface area (TPSA) is 39.5 Å². The predicted octanol–water partition coefficient (Wildman–Crippen LogP) is 4.68. The molecule has 0 saturated carbocycles. The molecule has 0 N–H and O–H groups in total. The van der Waals surface area contributed by atoms with Crippen LogP contribution in [0, 0.1) is 0 Å². The van der Waals surface area contributed by atoms with E-state index >= 15 is 0 Å². The first-order chi connectivity index (χ1) is 15.4. The van der Waals surface area contributed by atoms with E-state index in [2.05, 4.69) is 86.5 Å². The lowest BCUT2D eigenvalue weighted by atomic mass is 10.2. The Balaban J connectivity index is 1.73. The molecule has 0 aliphatic carbocycles. The van der Waals surface area contributed by atoms with Crippen molar-refractivity contribution in [2.45, 2.75) is 6.54 Å². The quantitative estimate of drug-likeness (QED) is 0.395. The van der Waals surface area contributed by atoms with Crippen LogP contribution in [0.2, 0.25) is 0 Å². The van der Waals surface area contributed by atoms with Crippen LogP contribution in [0.3, 0.4) is 0 Å². The zero-order chi connectivity index (χ0) is 20.4. The van der Waals surface area contributed by atoms with Gasteiger partial charge < -0.3 is 0 Å². The summed E-state index contributed by atoms with van der Waals surface area (Å²) in [7, 11) is 0. The SMILES string of the molecule is c1ccc(-n2c3[n+](c4c2c2ncccc2n4-c2ccccc2)Cc2cccnc2-3)cc1. The van der Waals surface area contributed by atoms with Crippen LogP contribution in [-0.4, -0.2) is 19.1 Å². The van der Waals surface area contributed by atoms with Gasteiger partial charge in [-0.1, -0.05) is 42.5 Å². The lowest BCUT2D eigenvalue weighted by Crippen LogP contribution is -2.33. The Morgan fingerprint density at radius 1 is 0.677 bits per heavy atom. The molecule has 1 aliphatic heterocycles. The first-order valence-corrected chi connectivity index (χ1v) is 10.4. The molecule has 0 amide bonds. The predicted molar refractivity (Wildman–Crippen MR) is 120 cm³/mol.